The molecule has 0 amide bonds. The summed E-state index contributed by atoms with van der Waals surface area (Å²) in [4.78, 5) is 0. The van der Waals surface area contributed by atoms with Crippen LogP contribution in [-0.4, -0.2) is 5.88 Å². The molecule has 64 valence electrons. The number of rotatable bonds is 2. The highest BCUT2D eigenvalue weighted by molar-refractivity contribution is 6.18. The summed E-state index contributed by atoms with van der Waals surface area (Å²) in [5, 5.41) is 0. The lowest BCUT2D eigenvalue weighted by atomic mass is 9.62. The fraction of sp³-hybridized carbons (Fsp3) is 1.00. The van der Waals surface area contributed by atoms with Gasteiger partial charge in [0.05, 0.1) is 0 Å². The summed E-state index contributed by atoms with van der Waals surface area (Å²) in [6, 6.07) is 0. The fourth-order valence-corrected chi connectivity index (χ4v) is 3.31. The van der Waals surface area contributed by atoms with Gasteiger partial charge in [-0.2, -0.15) is 0 Å². The van der Waals surface area contributed by atoms with Gasteiger partial charge >= 0.3 is 0 Å². The van der Waals surface area contributed by atoms with E-state index in [0.717, 1.165) is 11.8 Å². The summed E-state index contributed by atoms with van der Waals surface area (Å²) < 4.78 is 0. The molecule has 0 saturated heterocycles. The molecule has 0 bridgehead atoms. The van der Waals surface area contributed by atoms with Crippen LogP contribution in [0, 0.1) is 11.3 Å². The van der Waals surface area contributed by atoms with E-state index in [4.69, 9.17) is 11.6 Å². The molecule has 0 radical (unpaired) electrons. The first-order valence-corrected chi connectivity index (χ1v) is 5.47. The van der Waals surface area contributed by atoms with Crippen LogP contribution in [-0.2, 0) is 0 Å². The summed E-state index contributed by atoms with van der Waals surface area (Å²) in [6.45, 7) is 0. The van der Waals surface area contributed by atoms with Gasteiger partial charge in [0.25, 0.3) is 0 Å². The Morgan fingerprint density at radius 2 is 1.73 bits per heavy atom. The lowest BCUT2D eigenvalue weighted by Gasteiger charge is -2.45. The molecule has 2 aliphatic rings. The maximum atomic E-state index is 6.04. The van der Waals surface area contributed by atoms with E-state index >= 15 is 0 Å². The first-order chi connectivity index (χ1) is 5.37. The molecule has 1 heteroatoms. The van der Waals surface area contributed by atoms with E-state index in [-0.39, 0.29) is 0 Å². The second kappa shape index (κ2) is 2.97. The topological polar surface area (TPSA) is 0 Å². The van der Waals surface area contributed by atoms with Crippen molar-refractivity contribution in [3.8, 4) is 0 Å². The van der Waals surface area contributed by atoms with E-state index in [9.17, 15) is 0 Å². The maximum absolute atomic E-state index is 6.04. The molecular weight excluding hydrogens is 156 g/mol. The Hall–Kier alpha value is 0.290. The lowest BCUT2D eigenvalue weighted by molar-refractivity contribution is 0.0794. The van der Waals surface area contributed by atoms with Gasteiger partial charge < -0.3 is 0 Å². The first kappa shape index (κ1) is 7.91. The van der Waals surface area contributed by atoms with Crippen LogP contribution in [0.15, 0.2) is 0 Å². The number of alkyl halides is 1. The van der Waals surface area contributed by atoms with Crippen molar-refractivity contribution in [1.82, 2.24) is 0 Å². The van der Waals surface area contributed by atoms with Crippen molar-refractivity contribution in [3.63, 3.8) is 0 Å². The molecular formula is C10H17Cl. The third-order valence-corrected chi connectivity index (χ3v) is 4.37. The van der Waals surface area contributed by atoms with E-state index in [1.165, 1.54) is 44.9 Å². The van der Waals surface area contributed by atoms with E-state index in [0.29, 0.717) is 5.41 Å². The van der Waals surface area contributed by atoms with Crippen molar-refractivity contribution in [3.05, 3.63) is 0 Å². The molecule has 0 nitrogen and oxygen atoms in total. The minimum Gasteiger partial charge on any atom is -0.126 e. The Bertz CT molecular complexity index is 126. The van der Waals surface area contributed by atoms with Crippen molar-refractivity contribution in [1.29, 1.82) is 0 Å². The average molecular weight is 173 g/mol. The van der Waals surface area contributed by atoms with Crippen LogP contribution >= 0.6 is 11.6 Å². The minimum atomic E-state index is 0.609. The molecule has 0 unspecified atom stereocenters. The van der Waals surface area contributed by atoms with Crippen LogP contribution in [0.5, 0.6) is 0 Å². The van der Waals surface area contributed by atoms with Crippen LogP contribution < -0.4 is 0 Å². The van der Waals surface area contributed by atoms with Gasteiger partial charge in [0.1, 0.15) is 0 Å². The lowest BCUT2D eigenvalue weighted by Crippen LogP contribution is -2.37. The fourth-order valence-electron chi connectivity index (χ4n) is 2.82. The standard InChI is InChI=1S/C10H17Cl/c11-8-10(6-3-7-10)9-4-1-2-5-9/h9H,1-8H2. The van der Waals surface area contributed by atoms with Crippen molar-refractivity contribution >= 4 is 11.6 Å². The van der Waals surface area contributed by atoms with Gasteiger partial charge in [0, 0.05) is 5.88 Å². The third kappa shape index (κ3) is 1.20. The Labute approximate surface area is 74.3 Å². The molecule has 0 heterocycles. The molecule has 2 aliphatic carbocycles. The molecule has 11 heavy (non-hydrogen) atoms. The minimum absolute atomic E-state index is 0.609. The van der Waals surface area contributed by atoms with E-state index in [1.54, 1.807) is 0 Å². The number of hydrogen-bond donors (Lipinski definition) is 0. The Morgan fingerprint density at radius 1 is 1.09 bits per heavy atom. The average Bonchev–Trinajstić information content (AvgIpc) is 2.39. The predicted molar refractivity (Wildman–Crippen MR) is 49.0 cm³/mol. The van der Waals surface area contributed by atoms with Crippen molar-refractivity contribution in [2.75, 3.05) is 5.88 Å². The second-order valence-electron chi connectivity index (χ2n) is 4.33. The summed E-state index contributed by atoms with van der Waals surface area (Å²) >= 11 is 6.04. The zero-order valence-electron chi connectivity index (χ0n) is 7.11. The summed E-state index contributed by atoms with van der Waals surface area (Å²) in [5.74, 6) is 1.92. The SMILES string of the molecule is ClCC1(C2CCCC2)CCC1. The monoisotopic (exact) mass is 172 g/mol. The van der Waals surface area contributed by atoms with Gasteiger partial charge in [-0.1, -0.05) is 19.3 Å². The number of halogens is 1. The molecule has 2 fully saturated rings. The largest absolute Gasteiger partial charge is 0.126 e. The Morgan fingerprint density at radius 3 is 2.09 bits per heavy atom. The van der Waals surface area contributed by atoms with Gasteiger partial charge in [-0.15, -0.1) is 11.6 Å². The van der Waals surface area contributed by atoms with Crippen molar-refractivity contribution in [2.45, 2.75) is 44.9 Å². The molecule has 0 aromatic carbocycles. The van der Waals surface area contributed by atoms with Crippen molar-refractivity contribution < 1.29 is 0 Å². The van der Waals surface area contributed by atoms with Gasteiger partial charge in [-0.3, -0.25) is 0 Å². The van der Waals surface area contributed by atoms with E-state index in [1.807, 2.05) is 0 Å². The molecule has 0 aliphatic heterocycles. The molecule has 0 atom stereocenters. The Balaban J connectivity index is 1.99. The molecule has 0 N–H and O–H groups in total. The van der Waals surface area contributed by atoms with E-state index in [2.05, 4.69) is 0 Å². The highest BCUT2D eigenvalue weighted by Gasteiger charge is 2.43. The van der Waals surface area contributed by atoms with Gasteiger partial charge in [0.15, 0.2) is 0 Å². The summed E-state index contributed by atoms with van der Waals surface area (Å²) in [5.41, 5.74) is 0.609. The molecule has 2 rings (SSSR count). The highest BCUT2D eigenvalue weighted by atomic mass is 35.5. The van der Waals surface area contributed by atoms with E-state index < -0.39 is 0 Å². The molecule has 2 saturated carbocycles. The molecule has 0 aromatic heterocycles. The third-order valence-electron chi connectivity index (χ3n) is 3.84. The predicted octanol–water partition coefficient (Wildman–Crippen LogP) is 3.59. The molecule has 0 aromatic rings. The van der Waals surface area contributed by atoms with Gasteiger partial charge in [-0.25, -0.2) is 0 Å². The van der Waals surface area contributed by atoms with Crippen LogP contribution in [0.2, 0.25) is 0 Å². The summed E-state index contributed by atoms with van der Waals surface area (Å²) in [7, 11) is 0. The van der Waals surface area contributed by atoms with Crippen LogP contribution in [0.25, 0.3) is 0 Å². The second-order valence-corrected chi connectivity index (χ2v) is 4.60. The summed E-state index contributed by atoms with van der Waals surface area (Å²) in [6.07, 6.45) is 10.1. The van der Waals surface area contributed by atoms with Crippen LogP contribution in [0.1, 0.15) is 44.9 Å². The zero-order valence-corrected chi connectivity index (χ0v) is 7.87. The quantitative estimate of drug-likeness (QED) is 0.559. The van der Waals surface area contributed by atoms with Crippen LogP contribution in [0.3, 0.4) is 0 Å². The van der Waals surface area contributed by atoms with Gasteiger partial charge in [-0.05, 0) is 37.0 Å². The Kier molecular flexibility index (Phi) is 2.14. The van der Waals surface area contributed by atoms with Crippen molar-refractivity contribution in [2.24, 2.45) is 11.3 Å². The highest BCUT2D eigenvalue weighted by Crippen LogP contribution is 2.53. The normalized spacial score (nSPS) is 30.3. The number of hydrogen-bond acceptors (Lipinski definition) is 0. The molecule has 0 spiro atoms. The maximum Gasteiger partial charge on any atom is 0.0282 e. The first-order valence-electron chi connectivity index (χ1n) is 4.93. The van der Waals surface area contributed by atoms with Gasteiger partial charge in [0.2, 0.25) is 0 Å². The zero-order chi connectivity index (χ0) is 7.73. The smallest absolute Gasteiger partial charge is 0.0282 e. The van der Waals surface area contributed by atoms with Crippen LogP contribution in [0.4, 0.5) is 0 Å².